The normalized spacial score (nSPS) is 21.1. The first-order chi connectivity index (χ1) is 24.8. The number of unbranched alkanes of at least 4 members (excludes halogenated alkanes) is 24. The van der Waals surface area contributed by atoms with Crippen molar-refractivity contribution in [1.29, 1.82) is 0 Å². The number of rotatable bonds is 35. The molecule has 1 heterocycles. The molecule has 1 fully saturated rings. The van der Waals surface area contributed by atoms with Crippen LogP contribution in [-0.2, 0) is 28.5 Å². The van der Waals surface area contributed by atoms with Gasteiger partial charge in [-0.2, -0.15) is 0 Å². The average Bonchev–Trinajstić information content (AvgIpc) is 3.13. The van der Waals surface area contributed by atoms with E-state index in [0.29, 0.717) is 6.42 Å². The van der Waals surface area contributed by atoms with E-state index < -0.39 is 49.4 Å². The molecule has 0 bridgehead atoms. The van der Waals surface area contributed by atoms with Gasteiger partial charge in [-0.25, -0.2) is 0 Å². The van der Waals surface area contributed by atoms with Crippen molar-refractivity contribution in [2.24, 2.45) is 0 Å². The van der Waals surface area contributed by atoms with Gasteiger partial charge in [-0.3, -0.25) is 9.59 Å². The van der Waals surface area contributed by atoms with E-state index in [1.807, 2.05) is 0 Å². The largest absolute Gasteiger partial charge is 0.462 e. The summed E-state index contributed by atoms with van der Waals surface area (Å²) < 4.78 is 22.1. The molecular weight excluding hydrogens is 652 g/mol. The first-order valence-electron chi connectivity index (χ1n) is 21.1. The zero-order chi connectivity index (χ0) is 37.4. The Hall–Kier alpha value is -1.30. The van der Waals surface area contributed by atoms with Gasteiger partial charge in [0, 0.05) is 12.8 Å². The topological polar surface area (TPSA) is 152 Å². The Morgan fingerprint density at radius 2 is 0.922 bits per heavy atom. The molecule has 10 heteroatoms. The van der Waals surface area contributed by atoms with Gasteiger partial charge in [0.15, 0.2) is 12.4 Å². The summed E-state index contributed by atoms with van der Waals surface area (Å²) in [5.41, 5.74) is 0. The summed E-state index contributed by atoms with van der Waals surface area (Å²) in [4.78, 5) is 25.2. The maximum absolute atomic E-state index is 12.7. The van der Waals surface area contributed by atoms with Crippen LogP contribution in [0.2, 0.25) is 0 Å². The minimum absolute atomic E-state index is 0.209. The lowest BCUT2D eigenvalue weighted by Crippen LogP contribution is -2.59. The Bertz CT molecular complexity index is 809. The Morgan fingerprint density at radius 3 is 1.33 bits per heavy atom. The summed E-state index contributed by atoms with van der Waals surface area (Å²) in [6.07, 6.45) is 23.9. The van der Waals surface area contributed by atoms with Crippen LogP contribution >= 0.6 is 0 Å². The molecule has 4 N–H and O–H groups in total. The van der Waals surface area contributed by atoms with E-state index >= 15 is 0 Å². The van der Waals surface area contributed by atoms with Crippen LogP contribution in [0, 0.1) is 0 Å². The number of aliphatic hydroxyl groups is 4. The van der Waals surface area contributed by atoms with E-state index in [1.165, 1.54) is 122 Å². The SMILES string of the molecule is CCCCCCCCCCCCCCCC(=O)OC[C@H](CO[C@@H]1O[C@H](CO)[C@H](O)[C@H](O)[C@H]1O)OC(=O)CCCCCCCCCCCCCCC. The van der Waals surface area contributed by atoms with Crippen LogP contribution in [0.5, 0.6) is 0 Å². The summed E-state index contributed by atoms with van der Waals surface area (Å²) in [5.74, 6) is -0.795. The number of esters is 2. The zero-order valence-corrected chi connectivity index (χ0v) is 32.6. The van der Waals surface area contributed by atoms with Crippen LogP contribution in [-0.4, -0.2) is 89.0 Å². The second kappa shape index (κ2) is 33.3. The van der Waals surface area contributed by atoms with Crippen LogP contribution < -0.4 is 0 Å². The Balaban J connectivity index is 2.35. The lowest BCUT2D eigenvalue weighted by molar-refractivity contribution is -0.305. The van der Waals surface area contributed by atoms with Crippen LogP contribution in [0.4, 0.5) is 0 Å². The number of carbonyl (C=O) groups excluding carboxylic acids is 2. The maximum Gasteiger partial charge on any atom is 0.306 e. The zero-order valence-electron chi connectivity index (χ0n) is 32.6. The maximum atomic E-state index is 12.7. The molecule has 302 valence electrons. The fourth-order valence-electron chi connectivity index (χ4n) is 6.60. The predicted molar refractivity (Wildman–Crippen MR) is 201 cm³/mol. The van der Waals surface area contributed by atoms with Gasteiger partial charge in [0.2, 0.25) is 0 Å². The highest BCUT2D eigenvalue weighted by molar-refractivity contribution is 5.70. The second-order valence-electron chi connectivity index (χ2n) is 14.8. The van der Waals surface area contributed by atoms with Crippen LogP contribution in [0.3, 0.4) is 0 Å². The highest BCUT2D eigenvalue weighted by Gasteiger charge is 2.44. The summed E-state index contributed by atoms with van der Waals surface area (Å²) in [6, 6.07) is 0. The molecular formula is C41H78O10. The first kappa shape index (κ1) is 47.7. The van der Waals surface area contributed by atoms with E-state index in [-0.39, 0.29) is 32.0 Å². The molecule has 0 aliphatic carbocycles. The minimum Gasteiger partial charge on any atom is -0.462 e. The molecule has 6 atom stereocenters. The molecule has 0 unspecified atom stereocenters. The second-order valence-corrected chi connectivity index (χ2v) is 14.8. The smallest absolute Gasteiger partial charge is 0.306 e. The van der Waals surface area contributed by atoms with E-state index in [9.17, 15) is 30.0 Å². The van der Waals surface area contributed by atoms with Gasteiger partial charge >= 0.3 is 11.9 Å². The van der Waals surface area contributed by atoms with E-state index in [4.69, 9.17) is 18.9 Å². The van der Waals surface area contributed by atoms with Gasteiger partial charge in [0.25, 0.3) is 0 Å². The molecule has 0 amide bonds. The predicted octanol–water partition coefficient (Wildman–Crippen LogP) is 8.22. The summed E-state index contributed by atoms with van der Waals surface area (Å²) in [7, 11) is 0. The van der Waals surface area contributed by atoms with Gasteiger partial charge in [-0.15, -0.1) is 0 Å². The third-order valence-electron chi connectivity index (χ3n) is 9.99. The van der Waals surface area contributed by atoms with E-state index in [0.717, 1.165) is 38.5 Å². The summed E-state index contributed by atoms with van der Waals surface area (Å²) in [5, 5.41) is 40.0. The van der Waals surface area contributed by atoms with Crippen molar-refractivity contribution in [2.45, 2.75) is 230 Å². The van der Waals surface area contributed by atoms with Gasteiger partial charge in [0.1, 0.15) is 31.0 Å². The molecule has 1 aliphatic rings. The molecule has 1 aliphatic heterocycles. The van der Waals surface area contributed by atoms with Gasteiger partial charge < -0.3 is 39.4 Å². The quantitative estimate of drug-likeness (QED) is 0.0371. The van der Waals surface area contributed by atoms with Crippen LogP contribution in [0.1, 0.15) is 194 Å². The lowest BCUT2D eigenvalue weighted by atomic mass is 9.99. The van der Waals surface area contributed by atoms with Crippen molar-refractivity contribution in [1.82, 2.24) is 0 Å². The molecule has 0 aromatic rings. The van der Waals surface area contributed by atoms with E-state index in [1.54, 1.807) is 0 Å². The molecule has 0 spiro atoms. The monoisotopic (exact) mass is 731 g/mol. The van der Waals surface area contributed by atoms with Gasteiger partial charge in [0.05, 0.1) is 13.2 Å². The number of hydrogen-bond acceptors (Lipinski definition) is 10. The van der Waals surface area contributed by atoms with Crippen molar-refractivity contribution < 1.29 is 49.0 Å². The van der Waals surface area contributed by atoms with E-state index in [2.05, 4.69) is 13.8 Å². The van der Waals surface area contributed by atoms with Crippen molar-refractivity contribution in [2.75, 3.05) is 19.8 Å². The van der Waals surface area contributed by atoms with Gasteiger partial charge in [-0.05, 0) is 12.8 Å². The number of aliphatic hydroxyl groups excluding tert-OH is 4. The Labute approximate surface area is 310 Å². The number of hydrogen-bond donors (Lipinski definition) is 4. The molecule has 51 heavy (non-hydrogen) atoms. The highest BCUT2D eigenvalue weighted by atomic mass is 16.7. The highest BCUT2D eigenvalue weighted by Crippen LogP contribution is 2.23. The fourth-order valence-corrected chi connectivity index (χ4v) is 6.60. The average molecular weight is 731 g/mol. The lowest BCUT2D eigenvalue weighted by Gasteiger charge is -2.39. The fraction of sp³-hybridized carbons (Fsp3) is 0.951. The molecule has 10 nitrogen and oxygen atoms in total. The Kier molecular flexibility index (Phi) is 31.1. The molecule has 0 saturated carbocycles. The van der Waals surface area contributed by atoms with Gasteiger partial charge in [-0.1, -0.05) is 168 Å². The van der Waals surface area contributed by atoms with Crippen molar-refractivity contribution >= 4 is 11.9 Å². The summed E-state index contributed by atoms with van der Waals surface area (Å²) >= 11 is 0. The molecule has 0 aromatic carbocycles. The van der Waals surface area contributed by atoms with Crippen molar-refractivity contribution in [3.63, 3.8) is 0 Å². The van der Waals surface area contributed by atoms with Crippen molar-refractivity contribution in [3.8, 4) is 0 Å². The molecule has 0 radical (unpaired) electrons. The first-order valence-corrected chi connectivity index (χ1v) is 21.1. The molecule has 0 aromatic heterocycles. The number of ether oxygens (including phenoxy) is 4. The molecule has 1 saturated heterocycles. The standard InChI is InChI=1S/C41H78O10/c1-3-5-7-9-11-13-15-17-19-21-23-25-27-29-36(43)48-32-34(33-49-41-40(47)39(46)38(45)35(31-42)51-41)50-37(44)30-28-26-24-22-20-18-16-14-12-10-8-6-4-2/h34-35,38-42,45-47H,3-33H2,1-2H3/t34-,35-,38+,39+,40-,41-/m1/s1. The summed E-state index contributed by atoms with van der Waals surface area (Å²) in [6.45, 7) is 3.43. The third kappa shape index (κ3) is 25.4. The molecule has 1 rings (SSSR count). The number of carbonyl (C=O) groups is 2. The van der Waals surface area contributed by atoms with Crippen molar-refractivity contribution in [3.05, 3.63) is 0 Å². The minimum atomic E-state index is -1.59. The van der Waals surface area contributed by atoms with Crippen LogP contribution in [0.15, 0.2) is 0 Å². The Morgan fingerprint density at radius 1 is 0.529 bits per heavy atom. The third-order valence-corrected chi connectivity index (χ3v) is 9.99. The van der Waals surface area contributed by atoms with Crippen LogP contribution in [0.25, 0.3) is 0 Å².